The average Bonchev–Trinajstić information content (AvgIpc) is 2.74. The first-order valence-corrected chi connectivity index (χ1v) is 9.32. The molecule has 0 saturated heterocycles. The van der Waals surface area contributed by atoms with E-state index in [-0.39, 0.29) is 17.9 Å². The summed E-state index contributed by atoms with van der Waals surface area (Å²) in [6.07, 6.45) is 0. The third-order valence-electron chi connectivity index (χ3n) is 4.87. The van der Waals surface area contributed by atoms with Gasteiger partial charge in [-0.15, -0.1) is 0 Å². The third kappa shape index (κ3) is 3.50. The van der Waals surface area contributed by atoms with Gasteiger partial charge in [0, 0.05) is 17.6 Å². The van der Waals surface area contributed by atoms with Crippen molar-refractivity contribution in [3.05, 3.63) is 106 Å². The van der Waals surface area contributed by atoms with Gasteiger partial charge in [0.25, 0.3) is 11.5 Å². The van der Waals surface area contributed by atoms with Gasteiger partial charge in [-0.3, -0.25) is 14.2 Å². The van der Waals surface area contributed by atoms with E-state index >= 15 is 0 Å². The van der Waals surface area contributed by atoms with Gasteiger partial charge in [0.2, 0.25) is 0 Å². The second-order valence-electron chi connectivity index (χ2n) is 6.89. The Morgan fingerprint density at radius 3 is 2.31 bits per heavy atom. The number of nitrogens with one attached hydrogen (secondary N) is 1. The van der Waals surface area contributed by atoms with Crippen LogP contribution in [0.3, 0.4) is 0 Å². The summed E-state index contributed by atoms with van der Waals surface area (Å²) in [7, 11) is 0. The normalized spacial score (nSPS) is 10.8. The maximum atomic E-state index is 13.2. The van der Waals surface area contributed by atoms with Crippen molar-refractivity contribution in [3.63, 3.8) is 0 Å². The van der Waals surface area contributed by atoms with Gasteiger partial charge in [-0.2, -0.15) is 0 Å². The Morgan fingerprint density at radius 2 is 1.59 bits per heavy atom. The van der Waals surface area contributed by atoms with Crippen LogP contribution in [0.4, 0.5) is 0 Å². The number of fused-ring (bicyclic) bond motifs is 1. The fourth-order valence-electron chi connectivity index (χ4n) is 3.34. The number of amides is 1. The second kappa shape index (κ2) is 7.64. The Balaban J connectivity index is 1.81. The van der Waals surface area contributed by atoms with Gasteiger partial charge in [0.05, 0.1) is 5.52 Å². The zero-order chi connectivity index (χ0) is 20.4. The van der Waals surface area contributed by atoms with E-state index in [1.807, 2.05) is 49.4 Å². The van der Waals surface area contributed by atoms with E-state index in [1.54, 1.807) is 36.4 Å². The van der Waals surface area contributed by atoms with E-state index in [1.165, 1.54) is 4.57 Å². The molecule has 29 heavy (non-hydrogen) atoms. The molecule has 1 heterocycles. The number of nitrogens with zero attached hydrogens (tertiary/aromatic N) is 1. The molecule has 0 aliphatic rings. The molecule has 0 radical (unpaired) electrons. The molecule has 0 bridgehead atoms. The lowest BCUT2D eigenvalue weighted by molar-refractivity contribution is 0.0946. The quantitative estimate of drug-likeness (QED) is 0.560. The summed E-state index contributed by atoms with van der Waals surface area (Å²) in [5, 5.41) is 13.9. The van der Waals surface area contributed by atoms with Crippen LogP contribution in [-0.2, 0) is 6.54 Å². The average molecular weight is 384 g/mol. The number of aromatic nitrogens is 1. The molecule has 0 saturated carbocycles. The summed E-state index contributed by atoms with van der Waals surface area (Å²) >= 11 is 0. The molecule has 4 rings (SSSR count). The number of carbonyl (C=O) groups excluding carboxylic acids is 1. The van der Waals surface area contributed by atoms with Crippen LogP contribution in [0.1, 0.15) is 21.5 Å². The smallest absolute Gasteiger partial charge is 0.272 e. The van der Waals surface area contributed by atoms with Crippen LogP contribution in [0.15, 0.2) is 83.7 Å². The summed E-state index contributed by atoms with van der Waals surface area (Å²) in [6.45, 7) is 2.25. The SMILES string of the molecule is Cc1ccc(CNC(=O)c2c(O)c3ccccc3n(-c3ccccc3)c2=O)cc1. The number of hydrogen-bond donors (Lipinski definition) is 2. The first-order chi connectivity index (χ1) is 14.1. The van der Waals surface area contributed by atoms with Crippen molar-refractivity contribution < 1.29 is 9.90 Å². The van der Waals surface area contributed by atoms with Gasteiger partial charge >= 0.3 is 0 Å². The summed E-state index contributed by atoms with van der Waals surface area (Å²) in [4.78, 5) is 26.1. The number of aromatic hydroxyl groups is 1. The predicted molar refractivity (Wildman–Crippen MR) is 114 cm³/mol. The van der Waals surface area contributed by atoms with Crippen molar-refractivity contribution in [1.29, 1.82) is 0 Å². The zero-order valence-corrected chi connectivity index (χ0v) is 15.9. The van der Waals surface area contributed by atoms with Crippen molar-refractivity contribution in [3.8, 4) is 11.4 Å². The highest BCUT2D eigenvalue weighted by Crippen LogP contribution is 2.28. The van der Waals surface area contributed by atoms with Crippen molar-refractivity contribution in [2.75, 3.05) is 0 Å². The molecule has 5 heteroatoms. The number of benzene rings is 3. The Labute approximate surface area is 167 Å². The van der Waals surface area contributed by atoms with E-state index in [9.17, 15) is 14.7 Å². The van der Waals surface area contributed by atoms with Crippen LogP contribution in [0.2, 0.25) is 0 Å². The number of hydrogen-bond acceptors (Lipinski definition) is 3. The van der Waals surface area contributed by atoms with Crippen LogP contribution in [0.25, 0.3) is 16.6 Å². The van der Waals surface area contributed by atoms with E-state index in [4.69, 9.17) is 0 Å². The molecule has 0 spiro atoms. The van der Waals surface area contributed by atoms with E-state index in [2.05, 4.69) is 5.32 Å². The van der Waals surface area contributed by atoms with Gasteiger partial charge in [-0.05, 0) is 36.8 Å². The molecule has 0 fully saturated rings. The molecule has 0 unspecified atom stereocenters. The largest absolute Gasteiger partial charge is 0.506 e. The lowest BCUT2D eigenvalue weighted by Crippen LogP contribution is -2.32. The Bertz CT molecular complexity index is 1240. The molecule has 0 aliphatic carbocycles. The first kappa shape index (κ1) is 18.5. The van der Waals surface area contributed by atoms with Gasteiger partial charge in [-0.1, -0.05) is 60.2 Å². The fraction of sp³-hybridized carbons (Fsp3) is 0.0833. The van der Waals surface area contributed by atoms with Gasteiger partial charge in [0.15, 0.2) is 0 Å². The molecule has 0 aliphatic heterocycles. The van der Waals surface area contributed by atoms with Crippen molar-refractivity contribution >= 4 is 16.8 Å². The molecule has 144 valence electrons. The lowest BCUT2D eigenvalue weighted by Gasteiger charge is -2.15. The molecular weight excluding hydrogens is 364 g/mol. The first-order valence-electron chi connectivity index (χ1n) is 9.32. The summed E-state index contributed by atoms with van der Waals surface area (Å²) in [5.41, 5.74) is 2.37. The van der Waals surface area contributed by atoms with Crippen LogP contribution in [0.5, 0.6) is 5.75 Å². The number of para-hydroxylation sites is 2. The maximum absolute atomic E-state index is 13.2. The molecule has 2 N–H and O–H groups in total. The van der Waals surface area contributed by atoms with Crippen LogP contribution < -0.4 is 10.9 Å². The van der Waals surface area contributed by atoms with E-state index < -0.39 is 11.5 Å². The Morgan fingerprint density at radius 1 is 0.931 bits per heavy atom. The zero-order valence-electron chi connectivity index (χ0n) is 15.9. The highest BCUT2D eigenvalue weighted by molar-refractivity contribution is 6.02. The van der Waals surface area contributed by atoms with Gasteiger partial charge in [-0.25, -0.2) is 0 Å². The minimum absolute atomic E-state index is 0.260. The minimum atomic E-state index is -0.608. The molecule has 1 aromatic heterocycles. The van der Waals surface area contributed by atoms with Crippen LogP contribution in [0, 0.1) is 6.92 Å². The summed E-state index contributed by atoms with van der Waals surface area (Å²) < 4.78 is 1.45. The topological polar surface area (TPSA) is 71.3 Å². The highest BCUT2D eigenvalue weighted by atomic mass is 16.3. The molecule has 5 nitrogen and oxygen atoms in total. The minimum Gasteiger partial charge on any atom is -0.506 e. The Hall–Kier alpha value is -3.86. The van der Waals surface area contributed by atoms with E-state index in [0.29, 0.717) is 16.6 Å². The second-order valence-corrected chi connectivity index (χ2v) is 6.89. The molecule has 3 aromatic carbocycles. The predicted octanol–water partition coefficient (Wildman–Crippen LogP) is 3.93. The monoisotopic (exact) mass is 384 g/mol. The standard InChI is InChI=1S/C24H20N2O3/c1-16-11-13-17(14-12-16)15-25-23(28)21-22(27)19-9-5-6-10-20(19)26(24(21)29)18-7-3-2-4-8-18/h2-14,27H,15H2,1H3,(H,25,28). The maximum Gasteiger partial charge on any atom is 0.272 e. The van der Waals surface area contributed by atoms with Gasteiger partial charge in [0.1, 0.15) is 11.3 Å². The van der Waals surface area contributed by atoms with Crippen molar-refractivity contribution in [2.24, 2.45) is 0 Å². The number of carbonyl (C=O) groups is 1. The number of aryl methyl sites for hydroxylation is 1. The van der Waals surface area contributed by atoms with E-state index in [0.717, 1.165) is 11.1 Å². The molecule has 1 amide bonds. The molecule has 4 aromatic rings. The summed E-state index contributed by atoms with van der Waals surface area (Å²) in [5.74, 6) is -0.914. The highest BCUT2D eigenvalue weighted by Gasteiger charge is 2.22. The van der Waals surface area contributed by atoms with Crippen LogP contribution in [-0.4, -0.2) is 15.6 Å². The van der Waals surface area contributed by atoms with Gasteiger partial charge < -0.3 is 10.4 Å². The number of pyridine rings is 1. The Kier molecular flexibility index (Phi) is 4.87. The molecule has 0 atom stereocenters. The van der Waals surface area contributed by atoms with Crippen molar-refractivity contribution in [1.82, 2.24) is 9.88 Å². The summed E-state index contributed by atoms with van der Waals surface area (Å²) in [6, 6.07) is 23.8. The third-order valence-corrected chi connectivity index (χ3v) is 4.87. The van der Waals surface area contributed by atoms with Crippen molar-refractivity contribution in [2.45, 2.75) is 13.5 Å². The lowest BCUT2D eigenvalue weighted by atomic mass is 10.1. The fourth-order valence-corrected chi connectivity index (χ4v) is 3.34. The van der Waals surface area contributed by atoms with Crippen LogP contribution >= 0.6 is 0 Å². The number of rotatable bonds is 4. The molecular formula is C24H20N2O3.